The van der Waals surface area contributed by atoms with Crippen molar-refractivity contribution in [1.82, 2.24) is 0 Å². The molecule has 286 valence electrons. The van der Waals surface area contributed by atoms with Gasteiger partial charge in [-0.3, -0.25) is 0 Å². The molecule has 1 saturated heterocycles. The average Bonchev–Trinajstić information content (AvgIpc) is 3.13. The SMILES string of the molecule is CCCCOC[C@H]1OC(O)(c2ccc(OC)c(C(C)c3ccc4c(c3)CCC3(CCC3)O4)c2)[C@H](OCCCC)[C@@H](OCCCC)[C@@H]1OCCCC. The Morgan fingerprint density at radius 2 is 1.47 bits per heavy atom. The molecule has 8 heteroatoms. The number of aliphatic hydroxyl groups is 1. The minimum absolute atomic E-state index is 0.0219. The van der Waals surface area contributed by atoms with Gasteiger partial charge in [0.2, 0.25) is 5.79 Å². The zero-order valence-electron chi connectivity index (χ0n) is 32.4. The molecule has 1 saturated carbocycles. The Bertz CT molecular complexity index is 1340. The molecule has 3 aliphatic rings. The van der Waals surface area contributed by atoms with Gasteiger partial charge in [-0.2, -0.15) is 0 Å². The molecule has 1 N–H and O–H groups in total. The molecule has 2 heterocycles. The highest BCUT2D eigenvalue weighted by Gasteiger charge is 2.57. The Hall–Kier alpha value is -2.20. The molecular weight excluding hydrogens is 644 g/mol. The number of fused-ring (bicyclic) bond motifs is 1. The molecule has 2 aromatic rings. The topological polar surface area (TPSA) is 84.8 Å². The molecule has 2 fully saturated rings. The van der Waals surface area contributed by atoms with Crippen LogP contribution in [0.5, 0.6) is 11.5 Å². The summed E-state index contributed by atoms with van der Waals surface area (Å²) in [6.45, 7) is 13.3. The molecule has 2 unspecified atom stereocenters. The van der Waals surface area contributed by atoms with E-state index in [-0.39, 0.29) is 18.1 Å². The van der Waals surface area contributed by atoms with Crippen molar-refractivity contribution < 1.29 is 38.3 Å². The lowest BCUT2D eigenvalue weighted by atomic mass is 9.74. The standard InChI is InChI=1S/C43H66O8/c1-7-11-24-46-30-38-39(47-25-12-8-2)40(48-26-13-9-3)41(49-27-14-10-4)43(44,51-38)34-17-19-37(45-6)35(29-34)31(5)32-16-18-36-33(28-32)20-23-42(50-36)21-15-22-42/h16-19,28-29,31,38-41,44H,7-15,20-27,30H2,1-6H3/t31?,38-,39-,40+,41-,43?/m1/s1. The van der Waals surface area contributed by atoms with Gasteiger partial charge in [0.05, 0.1) is 13.7 Å². The zero-order valence-corrected chi connectivity index (χ0v) is 32.4. The summed E-state index contributed by atoms with van der Waals surface area (Å²) in [6.07, 6.45) is 10.9. The lowest BCUT2D eigenvalue weighted by molar-refractivity contribution is -0.375. The third-order valence-corrected chi connectivity index (χ3v) is 11.2. The quantitative estimate of drug-likeness (QED) is 0.129. The van der Waals surface area contributed by atoms with Crippen molar-refractivity contribution in [3.63, 3.8) is 0 Å². The van der Waals surface area contributed by atoms with E-state index in [2.05, 4.69) is 52.8 Å². The highest BCUT2D eigenvalue weighted by atomic mass is 16.7. The van der Waals surface area contributed by atoms with Crippen LogP contribution in [0.25, 0.3) is 0 Å². The van der Waals surface area contributed by atoms with E-state index in [0.29, 0.717) is 32.0 Å². The van der Waals surface area contributed by atoms with Gasteiger partial charge in [-0.25, -0.2) is 0 Å². The molecule has 1 aliphatic carbocycles. The molecule has 5 rings (SSSR count). The Morgan fingerprint density at radius 1 is 0.804 bits per heavy atom. The number of aryl methyl sites for hydroxylation is 1. The van der Waals surface area contributed by atoms with Crippen molar-refractivity contribution in [2.45, 2.75) is 160 Å². The van der Waals surface area contributed by atoms with E-state index >= 15 is 0 Å². The Labute approximate surface area is 307 Å². The van der Waals surface area contributed by atoms with Gasteiger partial charge in [-0.15, -0.1) is 0 Å². The largest absolute Gasteiger partial charge is 0.496 e. The van der Waals surface area contributed by atoms with Crippen LogP contribution in [0, 0.1) is 0 Å². The molecule has 6 atom stereocenters. The van der Waals surface area contributed by atoms with Crippen LogP contribution in [-0.4, -0.2) is 75.3 Å². The van der Waals surface area contributed by atoms with Crippen LogP contribution in [0.3, 0.4) is 0 Å². The summed E-state index contributed by atoms with van der Waals surface area (Å²) < 4.78 is 45.3. The fourth-order valence-electron chi connectivity index (χ4n) is 7.66. The lowest BCUT2D eigenvalue weighted by Gasteiger charge is -2.50. The van der Waals surface area contributed by atoms with Gasteiger partial charge >= 0.3 is 0 Å². The smallest absolute Gasteiger partial charge is 0.222 e. The van der Waals surface area contributed by atoms with Crippen LogP contribution in [0.1, 0.15) is 140 Å². The summed E-state index contributed by atoms with van der Waals surface area (Å²) >= 11 is 0. The summed E-state index contributed by atoms with van der Waals surface area (Å²) in [5, 5.41) is 13.0. The Kier molecular flexibility index (Phi) is 15.1. The highest BCUT2D eigenvalue weighted by Crippen LogP contribution is 2.47. The first-order valence-electron chi connectivity index (χ1n) is 20.2. The molecule has 1 spiro atoms. The maximum atomic E-state index is 13.0. The predicted octanol–water partition coefficient (Wildman–Crippen LogP) is 9.01. The Balaban J connectivity index is 1.52. The summed E-state index contributed by atoms with van der Waals surface area (Å²) in [5.41, 5.74) is 4.07. The number of benzene rings is 2. The van der Waals surface area contributed by atoms with E-state index in [9.17, 15) is 5.11 Å². The second kappa shape index (κ2) is 19.2. The summed E-state index contributed by atoms with van der Waals surface area (Å²) in [4.78, 5) is 0. The van der Waals surface area contributed by atoms with E-state index in [1.165, 1.54) is 17.5 Å². The van der Waals surface area contributed by atoms with Gasteiger partial charge in [-0.05, 0) is 93.2 Å². The number of methoxy groups -OCH3 is 1. The summed E-state index contributed by atoms with van der Waals surface area (Å²) in [7, 11) is 1.70. The monoisotopic (exact) mass is 710 g/mol. The number of rotatable bonds is 21. The van der Waals surface area contributed by atoms with Gasteiger partial charge in [0.15, 0.2) is 0 Å². The van der Waals surface area contributed by atoms with Gasteiger partial charge < -0.3 is 38.3 Å². The maximum absolute atomic E-state index is 13.0. The fraction of sp³-hybridized carbons (Fsp3) is 0.721. The summed E-state index contributed by atoms with van der Waals surface area (Å²) in [5.74, 6) is -0.0688. The second-order valence-electron chi connectivity index (χ2n) is 15.0. The first kappa shape index (κ1) is 40.0. The Morgan fingerprint density at radius 3 is 2.12 bits per heavy atom. The zero-order chi connectivity index (χ0) is 36.3. The minimum atomic E-state index is -1.82. The third-order valence-electron chi connectivity index (χ3n) is 11.2. The van der Waals surface area contributed by atoms with Crippen LogP contribution < -0.4 is 9.47 Å². The van der Waals surface area contributed by atoms with Crippen LogP contribution >= 0.6 is 0 Å². The van der Waals surface area contributed by atoms with Crippen molar-refractivity contribution in [3.8, 4) is 11.5 Å². The van der Waals surface area contributed by atoms with Crippen molar-refractivity contribution in [1.29, 1.82) is 0 Å². The van der Waals surface area contributed by atoms with Gasteiger partial charge in [-0.1, -0.05) is 72.4 Å². The lowest BCUT2D eigenvalue weighted by Crippen LogP contribution is -2.66. The van der Waals surface area contributed by atoms with Gasteiger partial charge in [0.25, 0.3) is 0 Å². The maximum Gasteiger partial charge on any atom is 0.222 e. The average molecular weight is 711 g/mol. The fourth-order valence-corrected chi connectivity index (χ4v) is 7.66. The number of unbranched alkanes of at least 4 members (excludes halogenated alkanes) is 4. The third kappa shape index (κ3) is 9.49. The van der Waals surface area contributed by atoms with E-state index < -0.39 is 30.2 Å². The van der Waals surface area contributed by atoms with Crippen molar-refractivity contribution in [2.75, 3.05) is 40.1 Å². The van der Waals surface area contributed by atoms with Crippen LogP contribution in [-0.2, 0) is 35.9 Å². The molecule has 51 heavy (non-hydrogen) atoms. The molecule has 0 aromatic heterocycles. The van der Waals surface area contributed by atoms with E-state index in [0.717, 1.165) is 94.1 Å². The molecule has 0 bridgehead atoms. The van der Waals surface area contributed by atoms with E-state index in [1.807, 2.05) is 18.2 Å². The first-order valence-corrected chi connectivity index (χ1v) is 20.2. The molecule has 2 aromatic carbocycles. The normalized spacial score (nSPS) is 25.9. The van der Waals surface area contributed by atoms with E-state index in [4.69, 9.17) is 33.2 Å². The van der Waals surface area contributed by atoms with Crippen molar-refractivity contribution in [3.05, 3.63) is 58.7 Å². The summed E-state index contributed by atoms with van der Waals surface area (Å²) in [6, 6.07) is 12.5. The van der Waals surface area contributed by atoms with Gasteiger partial charge in [0, 0.05) is 43.5 Å². The minimum Gasteiger partial charge on any atom is -0.496 e. The predicted molar refractivity (Wildman–Crippen MR) is 201 cm³/mol. The van der Waals surface area contributed by atoms with Crippen LogP contribution in [0.2, 0.25) is 0 Å². The molecule has 8 nitrogen and oxygen atoms in total. The number of ether oxygens (including phenoxy) is 7. The number of hydrogen-bond acceptors (Lipinski definition) is 8. The molecule has 2 aliphatic heterocycles. The molecule has 0 amide bonds. The highest BCUT2D eigenvalue weighted by molar-refractivity contribution is 5.48. The van der Waals surface area contributed by atoms with Crippen LogP contribution in [0.15, 0.2) is 36.4 Å². The first-order chi connectivity index (χ1) is 24.8. The second-order valence-corrected chi connectivity index (χ2v) is 15.0. The molecule has 0 radical (unpaired) electrons. The van der Waals surface area contributed by atoms with E-state index in [1.54, 1.807) is 7.11 Å². The van der Waals surface area contributed by atoms with Gasteiger partial charge in [0.1, 0.15) is 41.5 Å². The number of hydrogen-bond donors (Lipinski definition) is 1. The molecular formula is C43H66O8. The van der Waals surface area contributed by atoms with Crippen molar-refractivity contribution in [2.24, 2.45) is 0 Å². The van der Waals surface area contributed by atoms with Crippen LogP contribution in [0.4, 0.5) is 0 Å². The van der Waals surface area contributed by atoms with Crippen molar-refractivity contribution >= 4 is 0 Å².